The maximum atomic E-state index is 9.69. The van der Waals surface area contributed by atoms with Crippen LogP contribution < -0.4 is 25.0 Å². The Labute approximate surface area is 157 Å². The number of nitrogens with zero attached hydrogens (tertiary/aromatic N) is 1. The van der Waals surface area contributed by atoms with Crippen LogP contribution in [0.5, 0.6) is 23.0 Å². The minimum Gasteiger partial charge on any atom is -0.504 e. The molecule has 0 atom stereocenters. The standard InChI is InChI=1S/C18H21N3O4S/c1-4-25-16-9-12(5-7-14(16)22)11-19-21-18(26)20-13-6-8-15(23-2)17(10-13)24-3/h5-11,22H,4H2,1-3H3,(H2,20,21,26). The average Bonchev–Trinajstić information content (AvgIpc) is 2.64. The molecule has 0 fully saturated rings. The Morgan fingerprint density at radius 3 is 2.58 bits per heavy atom. The van der Waals surface area contributed by atoms with Crippen molar-refractivity contribution in [3.63, 3.8) is 0 Å². The second-order valence-electron chi connectivity index (χ2n) is 5.05. The van der Waals surface area contributed by atoms with Crippen LogP contribution in [0.2, 0.25) is 0 Å². The first kappa shape index (κ1) is 19.3. The molecule has 0 radical (unpaired) electrons. The highest BCUT2D eigenvalue weighted by Gasteiger charge is 2.05. The monoisotopic (exact) mass is 375 g/mol. The van der Waals surface area contributed by atoms with Gasteiger partial charge in [-0.1, -0.05) is 0 Å². The number of hydrogen-bond donors (Lipinski definition) is 3. The summed E-state index contributed by atoms with van der Waals surface area (Å²) in [4.78, 5) is 0. The lowest BCUT2D eigenvalue weighted by Crippen LogP contribution is -2.23. The number of phenols is 1. The lowest BCUT2D eigenvalue weighted by Gasteiger charge is -2.11. The summed E-state index contributed by atoms with van der Waals surface area (Å²) in [7, 11) is 3.14. The third-order valence-electron chi connectivity index (χ3n) is 3.30. The molecule has 2 aromatic carbocycles. The number of hydrogen-bond acceptors (Lipinski definition) is 6. The predicted molar refractivity (Wildman–Crippen MR) is 106 cm³/mol. The summed E-state index contributed by atoms with van der Waals surface area (Å²) in [6.07, 6.45) is 1.57. The summed E-state index contributed by atoms with van der Waals surface area (Å²) in [6, 6.07) is 10.3. The van der Waals surface area contributed by atoms with Crippen LogP contribution in [0.3, 0.4) is 0 Å². The lowest BCUT2D eigenvalue weighted by molar-refractivity contribution is 0.318. The number of hydrazone groups is 1. The smallest absolute Gasteiger partial charge is 0.191 e. The molecule has 0 spiro atoms. The molecule has 138 valence electrons. The van der Waals surface area contributed by atoms with Gasteiger partial charge in [0.15, 0.2) is 28.1 Å². The van der Waals surface area contributed by atoms with Crippen molar-refractivity contribution >= 4 is 29.2 Å². The molecule has 26 heavy (non-hydrogen) atoms. The van der Waals surface area contributed by atoms with Gasteiger partial charge in [-0.25, -0.2) is 0 Å². The minimum atomic E-state index is 0.0857. The second-order valence-corrected chi connectivity index (χ2v) is 5.46. The second kappa shape index (κ2) is 9.47. The maximum Gasteiger partial charge on any atom is 0.191 e. The lowest BCUT2D eigenvalue weighted by atomic mass is 10.2. The molecular formula is C18H21N3O4S. The van der Waals surface area contributed by atoms with E-state index in [9.17, 15) is 5.11 Å². The molecule has 0 aliphatic rings. The van der Waals surface area contributed by atoms with Gasteiger partial charge >= 0.3 is 0 Å². The molecule has 8 heteroatoms. The van der Waals surface area contributed by atoms with Gasteiger partial charge in [-0.15, -0.1) is 0 Å². The first-order chi connectivity index (χ1) is 12.6. The van der Waals surface area contributed by atoms with Crippen molar-refractivity contribution in [1.29, 1.82) is 0 Å². The molecular weight excluding hydrogens is 354 g/mol. The number of nitrogens with one attached hydrogen (secondary N) is 2. The van der Waals surface area contributed by atoms with Gasteiger partial charge < -0.3 is 24.6 Å². The fraction of sp³-hybridized carbons (Fsp3) is 0.222. The average molecular weight is 375 g/mol. The third kappa shape index (κ3) is 5.25. The number of phenolic OH excluding ortho intramolecular Hbond substituents is 1. The van der Waals surface area contributed by atoms with E-state index in [0.29, 0.717) is 29.0 Å². The summed E-state index contributed by atoms with van der Waals surface area (Å²) in [5.41, 5.74) is 4.22. The number of anilines is 1. The van der Waals surface area contributed by atoms with Crippen molar-refractivity contribution in [2.75, 3.05) is 26.1 Å². The van der Waals surface area contributed by atoms with Crippen molar-refractivity contribution in [1.82, 2.24) is 5.43 Å². The molecule has 2 rings (SSSR count). The largest absolute Gasteiger partial charge is 0.504 e. The molecule has 3 N–H and O–H groups in total. The Hall–Kier alpha value is -3.00. The topological polar surface area (TPSA) is 84.3 Å². The molecule has 0 aliphatic heterocycles. The maximum absolute atomic E-state index is 9.69. The molecule has 0 saturated heterocycles. The van der Waals surface area contributed by atoms with Gasteiger partial charge in [0.2, 0.25) is 0 Å². The molecule has 0 unspecified atom stereocenters. The zero-order valence-corrected chi connectivity index (χ0v) is 15.6. The van der Waals surface area contributed by atoms with Gasteiger partial charge in [0.1, 0.15) is 0 Å². The van der Waals surface area contributed by atoms with Gasteiger partial charge in [0.05, 0.1) is 27.0 Å². The van der Waals surface area contributed by atoms with Crippen LogP contribution in [0.25, 0.3) is 0 Å². The van der Waals surface area contributed by atoms with Crippen molar-refractivity contribution < 1.29 is 19.3 Å². The Morgan fingerprint density at radius 1 is 1.12 bits per heavy atom. The van der Waals surface area contributed by atoms with Gasteiger partial charge in [-0.2, -0.15) is 5.10 Å². The van der Waals surface area contributed by atoms with Crippen molar-refractivity contribution in [3.05, 3.63) is 42.0 Å². The van der Waals surface area contributed by atoms with E-state index in [1.807, 2.05) is 13.0 Å². The Morgan fingerprint density at radius 2 is 1.88 bits per heavy atom. The highest BCUT2D eigenvalue weighted by atomic mass is 32.1. The summed E-state index contributed by atoms with van der Waals surface area (Å²) < 4.78 is 15.8. The normalized spacial score (nSPS) is 10.4. The van der Waals surface area contributed by atoms with E-state index in [2.05, 4.69) is 15.8 Å². The number of aromatic hydroxyl groups is 1. The number of rotatable bonds is 7. The van der Waals surface area contributed by atoms with Crippen LogP contribution in [0.15, 0.2) is 41.5 Å². The summed E-state index contributed by atoms with van der Waals surface area (Å²) in [5, 5.41) is 17.1. The molecule has 0 heterocycles. The van der Waals surface area contributed by atoms with Gasteiger partial charge in [0.25, 0.3) is 0 Å². The molecule has 0 aromatic heterocycles. The van der Waals surface area contributed by atoms with Crippen LogP contribution in [0.4, 0.5) is 5.69 Å². The Bertz CT molecular complexity index is 796. The molecule has 0 saturated carbocycles. The fourth-order valence-electron chi connectivity index (χ4n) is 2.12. The minimum absolute atomic E-state index is 0.0857. The van der Waals surface area contributed by atoms with Crippen molar-refractivity contribution in [3.8, 4) is 23.0 Å². The van der Waals surface area contributed by atoms with Crippen molar-refractivity contribution in [2.24, 2.45) is 5.10 Å². The van der Waals surface area contributed by atoms with Crippen molar-refractivity contribution in [2.45, 2.75) is 6.92 Å². The molecule has 0 bridgehead atoms. The van der Waals surface area contributed by atoms with Gasteiger partial charge in [0, 0.05) is 11.8 Å². The highest BCUT2D eigenvalue weighted by molar-refractivity contribution is 7.80. The van der Waals surface area contributed by atoms with E-state index in [-0.39, 0.29) is 5.75 Å². The van der Waals surface area contributed by atoms with E-state index < -0.39 is 0 Å². The van der Waals surface area contributed by atoms with Gasteiger partial charge in [-0.05, 0) is 55.0 Å². The zero-order chi connectivity index (χ0) is 18.9. The van der Waals surface area contributed by atoms with E-state index in [1.165, 1.54) is 0 Å². The van der Waals surface area contributed by atoms with Crippen LogP contribution >= 0.6 is 12.2 Å². The SMILES string of the molecule is CCOc1cc(C=NNC(=S)Nc2ccc(OC)c(OC)c2)ccc1O. The van der Waals surface area contributed by atoms with Crippen LogP contribution in [0.1, 0.15) is 12.5 Å². The van der Waals surface area contributed by atoms with Crippen LogP contribution in [0, 0.1) is 0 Å². The quantitative estimate of drug-likeness (QED) is 0.389. The van der Waals surface area contributed by atoms with Crippen LogP contribution in [-0.4, -0.2) is 37.3 Å². The van der Waals surface area contributed by atoms with E-state index in [4.69, 9.17) is 26.4 Å². The van der Waals surface area contributed by atoms with Gasteiger partial charge in [-0.3, -0.25) is 5.43 Å². The number of thiocarbonyl (C=S) groups is 1. The first-order valence-electron chi connectivity index (χ1n) is 7.85. The third-order valence-corrected chi connectivity index (χ3v) is 3.50. The summed E-state index contributed by atoms with van der Waals surface area (Å²) in [6.45, 7) is 2.31. The first-order valence-corrected chi connectivity index (χ1v) is 8.26. The number of ether oxygens (including phenoxy) is 3. The molecule has 0 amide bonds. The molecule has 2 aromatic rings. The molecule has 0 aliphatic carbocycles. The number of methoxy groups -OCH3 is 2. The predicted octanol–water partition coefficient (Wildman–Crippen LogP) is 3.13. The fourth-order valence-corrected chi connectivity index (χ4v) is 2.29. The Balaban J connectivity index is 1.96. The number of benzene rings is 2. The van der Waals surface area contributed by atoms with Crippen LogP contribution in [-0.2, 0) is 0 Å². The molecule has 7 nitrogen and oxygen atoms in total. The summed E-state index contributed by atoms with van der Waals surface area (Å²) >= 11 is 5.21. The zero-order valence-electron chi connectivity index (χ0n) is 14.8. The van der Waals surface area contributed by atoms with E-state index >= 15 is 0 Å². The Kier molecular flexibility index (Phi) is 7.04. The van der Waals surface area contributed by atoms with E-state index in [1.54, 1.807) is 50.8 Å². The van der Waals surface area contributed by atoms with E-state index in [0.717, 1.165) is 11.3 Å². The summed E-state index contributed by atoms with van der Waals surface area (Å²) in [5.74, 6) is 1.72. The highest BCUT2D eigenvalue weighted by Crippen LogP contribution is 2.29.